The number of hydrogen-bond acceptors (Lipinski definition) is 7. The van der Waals surface area contributed by atoms with Crippen LogP contribution in [0.25, 0.3) is 0 Å². The fourth-order valence-corrected chi connectivity index (χ4v) is 5.24. The first-order chi connectivity index (χ1) is 19.9. The summed E-state index contributed by atoms with van der Waals surface area (Å²) in [6.07, 6.45) is 6.58. The average molecular weight is 558 g/mol. The summed E-state index contributed by atoms with van der Waals surface area (Å²) in [5.41, 5.74) is 4.65. The van der Waals surface area contributed by atoms with Gasteiger partial charge in [0.1, 0.15) is 12.0 Å². The minimum Gasteiger partial charge on any atom is -0.448 e. The second kappa shape index (κ2) is 13.0. The van der Waals surface area contributed by atoms with E-state index in [1.807, 2.05) is 12.1 Å². The topological polar surface area (TPSA) is 108 Å². The highest BCUT2D eigenvalue weighted by atomic mass is 16.3. The molecule has 2 fully saturated rings. The molecular weight excluding hydrogens is 518 g/mol. The maximum Gasteiger partial charge on any atom is 0.277 e. The van der Waals surface area contributed by atoms with Crippen molar-refractivity contribution in [2.45, 2.75) is 58.3 Å². The predicted octanol–water partition coefficient (Wildman–Crippen LogP) is 5.32. The molecule has 216 valence electrons. The minimum absolute atomic E-state index is 0.190. The molecule has 2 heterocycles. The fourth-order valence-electron chi connectivity index (χ4n) is 5.24. The lowest BCUT2D eigenvalue weighted by Gasteiger charge is -2.38. The van der Waals surface area contributed by atoms with Gasteiger partial charge in [-0.05, 0) is 69.4 Å². The zero-order valence-corrected chi connectivity index (χ0v) is 23.9. The number of amides is 2. The summed E-state index contributed by atoms with van der Waals surface area (Å²) in [7, 11) is 0. The average Bonchev–Trinajstić information content (AvgIpc) is 3.70. The van der Waals surface area contributed by atoms with Crippen LogP contribution in [0, 0.1) is 6.92 Å². The number of Topliss-reactive ketones (excluding diaryl/α,β-unsaturated/α-hetero) is 1. The third-order valence-electron chi connectivity index (χ3n) is 7.76. The van der Waals surface area contributed by atoms with E-state index >= 15 is 0 Å². The van der Waals surface area contributed by atoms with E-state index in [2.05, 4.69) is 56.6 Å². The number of unbranched alkanes of at least 4 members (excludes halogenated alkanes) is 2. The molecule has 9 nitrogen and oxygen atoms in total. The molecule has 0 radical (unpaired) electrons. The summed E-state index contributed by atoms with van der Waals surface area (Å²) in [5, 5.41) is 5.98. The van der Waals surface area contributed by atoms with Crippen LogP contribution < -0.4 is 20.4 Å². The maximum atomic E-state index is 13.2. The van der Waals surface area contributed by atoms with E-state index < -0.39 is 0 Å². The molecule has 9 heteroatoms. The Morgan fingerprint density at radius 3 is 2.37 bits per heavy atom. The number of aryl methyl sites for hydroxylation is 1. The van der Waals surface area contributed by atoms with Crippen LogP contribution in [0.1, 0.15) is 83.7 Å². The summed E-state index contributed by atoms with van der Waals surface area (Å²) in [4.78, 5) is 46.3. The lowest BCUT2D eigenvalue weighted by atomic mass is 10.1. The van der Waals surface area contributed by atoms with Crippen molar-refractivity contribution >= 4 is 34.7 Å². The molecule has 2 aliphatic rings. The molecule has 1 saturated carbocycles. The third kappa shape index (κ3) is 7.34. The van der Waals surface area contributed by atoms with Gasteiger partial charge in [0.05, 0.1) is 11.4 Å². The van der Waals surface area contributed by atoms with Crippen molar-refractivity contribution < 1.29 is 18.8 Å². The smallest absolute Gasteiger partial charge is 0.277 e. The number of carbonyl (C=O) groups excluding carboxylic acids is 3. The number of nitrogens with one attached hydrogen (secondary N) is 2. The molecule has 2 amide bonds. The van der Waals surface area contributed by atoms with Crippen molar-refractivity contribution in [3.63, 3.8) is 0 Å². The number of ketones is 1. The molecule has 0 atom stereocenters. The van der Waals surface area contributed by atoms with Crippen molar-refractivity contribution in [2.24, 2.45) is 0 Å². The number of aromatic nitrogens is 1. The van der Waals surface area contributed by atoms with E-state index in [-0.39, 0.29) is 23.3 Å². The first-order valence-corrected chi connectivity index (χ1v) is 14.6. The Labute approximate surface area is 241 Å². The van der Waals surface area contributed by atoms with Gasteiger partial charge in [-0.1, -0.05) is 24.6 Å². The van der Waals surface area contributed by atoms with Gasteiger partial charge >= 0.3 is 0 Å². The maximum absolute atomic E-state index is 13.2. The highest BCUT2D eigenvalue weighted by Gasteiger charge is 2.30. The Balaban J connectivity index is 1.28. The number of oxazole rings is 1. The molecule has 1 aromatic heterocycles. The van der Waals surface area contributed by atoms with Crippen molar-refractivity contribution in [3.05, 3.63) is 71.4 Å². The highest BCUT2D eigenvalue weighted by molar-refractivity contribution is 6.06. The highest BCUT2D eigenvalue weighted by Crippen LogP contribution is 2.39. The summed E-state index contributed by atoms with van der Waals surface area (Å²) in [6, 6.07) is 13.9. The lowest BCUT2D eigenvalue weighted by Crippen LogP contribution is -2.47. The number of rotatable bonds is 12. The van der Waals surface area contributed by atoms with Gasteiger partial charge < -0.3 is 29.6 Å². The summed E-state index contributed by atoms with van der Waals surface area (Å²) < 4.78 is 5.53. The van der Waals surface area contributed by atoms with E-state index in [1.165, 1.54) is 17.5 Å². The van der Waals surface area contributed by atoms with Crippen LogP contribution in [-0.4, -0.2) is 55.3 Å². The van der Waals surface area contributed by atoms with E-state index in [0.717, 1.165) is 64.0 Å². The van der Waals surface area contributed by atoms with Crippen molar-refractivity contribution in [2.75, 3.05) is 47.8 Å². The molecule has 0 bridgehead atoms. The third-order valence-corrected chi connectivity index (χ3v) is 7.76. The molecule has 3 aromatic rings. The lowest BCUT2D eigenvalue weighted by molar-refractivity contribution is -0.117. The van der Waals surface area contributed by atoms with Crippen LogP contribution in [0.3, 0.4) is 0 Å². The zero-order valence-electron chi connectivity index (χ0n) is 23.9. The van der Waals surface area contributed by atoms with Crippen molar-refractivity contribution in [3.8, 4) is 0 Å². The molecule has 1 aliphatic heterocycles. The summed E-state index contributed by atoms with van der Waals surface area (Å²) in [5.74, 6) is 0.559. The first kappa shape index (κ1) is 28.4. The summed E-state index contributed by atoms with van der Waals surface area (Å²) in [6.45, 7) is 7.50. The molecule has 2 aromatic carbocycles. The Hall–Kier alpha value is -4.14. The van der Waals surface area contributed by atoms with Gasteiger partial charge in [0.25, 0.3) is 11.8 Å². The second-order valence-corrected chi connectivity index (χ2v) is 11.1. The number of nitrogens with zero attached hydrogens (tertiary/aromatic N) is 3. The van der Waals surface area contributed by atoms with Crippen molar-refractivity contribution in [1.29, 1.82) is 0 Å². The number of benzene rings is 2. The Kier molecular flexibility index (Phi) is 9.01. The van der Waals surface area contributed by atoms with E-state index in [1.54, 1.807) is 13.0 Å². The van der Waals surface area contributed by atoms with Gasteiger partial charge in [-0.2, -0.15) is 0 Å². The molecule has 0 unspecified atom stereocenters. The quantitative estimate of drug-likeness (QED) is 0.290. The number of piperazine rings is 1. The standard InChI is InChI=1S/C32H39N5O4/c1-22-8-5-6-10-28(22)36-16-18-37(19-17-36)29-14-13-25(30(39)33-15-7-3-4-9-23(2)38)20-26(29)34-31(40)27-21-41-32(35-27)24-11-12-24/h5-6,8,10,13-14,20-21,24H,3-4,7,9,11-12,15-19H2,1-2H3,(H,33,39)(H,34,40). The fraction of sp³-hybridized carbons (Fsp3) is 0.438. The van der Waals surface area contributed by atoms with Crippen LogP contribution in [0.2, 0.25) is 0 Å². The van der Waals surface area contributed by atoms with Crippen LogP contribution in [-0.2, 0) is 4.79 Å². The largest absolute Gasteiger partial charge is 0.448 e. The van der Waals surface area contributed by atoms with Crippen LogP contribution >= 0.6 is 0 Å². The van der Waals surface area contributed by atoms with Crippen LogP contribution in [0.4, 0.5) is 17.1 Å². The monoisotopic (exact) mass is 557 g/mol. The molecular formula is C32H39N5O4. The van der Waals surface area contributed by atoms with Crippen LogP contribution in [0.15, 0.2) is 53.1 Å². The molecule has 41 heavy (non-hydrogen) atoms. The molecule has 5 rings (SSSR count). The zero-order chi connectivity index (χ0) is 28.8. The number of carbonyl (C=O) groups is 3. The SMILES string of the molecule is CC(=O)CCCCCNC(=O)c1ccc(N2CCN(c3ccccc3C)CC2)c(NC(=O)c2coc(C3CC3)n2)c1. The van der Waals surface area contributed by atoms with Gasteiger partial charge in [-0.25, -0.2) is 4.98 Å². The molecule has 2 N–H and O–H groups in total. The number of hydrogen-bond donors (Lipinski definition) is 2. The second-order valence-electron chi connectivity index (χ2n) is 11.1. The van der Waals surface area contributed by atoms with Gasteiger partial charge in [-0.3, -0.25) is 9.59 Å². The summed E-state index contributed by atoms with van der Waals surface area (Å²) >= 11 is 0. The van der Waals surface area contributed by atoms with Gasteiger partial charge in [0.15, 0.2) is 11.6 Å². The number of anilines is 3. The number of para-hydroxylation sites is 1. The Morgan fingerprint density at radius 1 is 0.927 bits per heavy atom. The normalized spacial score (nSPS) is 15.1. The van der Waals surface area contributed by atoms with Crippen molar-refractivity contribution in [1.82, 2.24) is 10.3 Å². The van der Waals surface area contributed by atoms with E-state index in [9.17, 15) is 14.4 Å². The van der Waals surface area contributed by atoms with Crippen LogP contribution in [0.5, 0.6) is 0 Å². The first-order valence-electron chi connectivity index (χ1n) is 14.6. The predicted molar refractivity (Wildman–Crippen MR) is 160 cm³/mol. The van der Waals surface area contributed by atoms with Gasteiger partial charge in [-0.15, -0.1) is 0 Å². The van der Waals surface area contributed by atoms with E-state index in [0.29, 0.717) is 36.0 Å². The van der Waals surface area contributed by atoms with Gasteiger partial charge in [0, 0.05) is 56.3 Å². The van der Waals surface area contributed by atoms with E-state index in [4.69, 9.17) is 4.42 Å². The van der Waals surface area contributed by atoms with Gasteiger partial charge in [0.2, 0.25) is 0 Å². The molecule has 1 aliphatic carbocycles. The Bertz CT molecular complexity index is 1390. The minimum atomic E-state index is -0.358. The molecule has 1 saturated heterocycles. The molecule has 0 spiro atoms. The Morgan fingerprint density at radius 2 is 1.66 bits per heavy atom.